The first kappa shape index (κ1) is 28.2. The SMILES string of the molecule is COc1ccc2nccc(CCC[C@@H]3CCN(CC#Cc4c(C)cc(Cl)cc4Cl)C[C@@H]3CCC(=O)O)c2c1. The summed E-state index contributed by atoms with van der Waals surface area (Å²) < 4.78 is 5.41. The minimum Gasteiger partial charge on any atom is -0.497 e. The molecule has 0 unspecified atom stereocenters. The van der Waals surface area contributed by atoms with Gasteiger partial charge in [-0.05, 0) is 105 Å². The van der Waals surface area contributed by atoms with Crippen molar-refractivity contribution in [1.29, 1.82) is 0 Å². The summed E-state index contributed by atoms with van der Waals surface area (Å²) in [7, 11) is 1.68. The number of benzene rings is 2. The number of hydrogen-bond donors (Lipinski definition) is 1. The lowest BCUT2D eigenvalue weighted by molar-refractivity contribution is -0.137. The van der Waals surface area contributed by atoms with Gasteiger partial charge in [-0.25, -0.2) is 0 Å². The molecule has 1 saturated heterocycles. The molecule has 0 radical (unpaired) electrons. The number of halogens is 2. The van der Waals surface area contributed by atoms with Crippen LogP contribution in [0, 0.1) is 30.6 Å². The Bertz CT molecular complexity index is 1320. The van der Waals surface area contributed by atoms with Gasteiger partial charge in [0.1, 0.15) is 5.75 Å². The molecule has 38 heavy (non-hydrogen) atoms. The van der Waals surface area contributed by atoms with Gasteiger partial charge in [-0.3, -0.25) is 14.7 Å². The van der Waals surface area contributed by atoms with Crippen molar-refractivity contribution in [3.05, 3.63) is 69.3 Å². The van der Waals surface area contributed by atoms with Crippen LogP contribution < -0.4 is 4.74 Å². The Balaban J connectivity index is 1.37. The van der Waals surface area contributed by atoms with Crippen molar-refractivity contribution in [2.45, 2.75) is 45.4 Å². The Morgan fingerprint density at radius 2 is 2.03 bits per heavy atom. The molecule has 1 aliphatic heterocycles. The molecule has 7 heteroatoms. The molecular formula is C31H34Cl2N2O3. The third-order valence-corrected chi connectivity index (χ3v) is 8.05. The summed E-state index contributed by atoms with van der Waals surface area (Å²) in [6.45, 7) is 4.43. The first-order valence-electron chi connectivity index (χ1n) is 13.1. The normalized spacial score (nSPS) is 17.7. The van der Waals surface area contributed by atoms with E-state index in [-0.39, 0.29) is 6.42 Å². The Hall–Kier alpha value is -2.78. The highest BCUT2D eigenvalue weighted by atomic mass is 35.5. The summed E-state index contributed by atoms with van der Waals surface area (Å²) in [5.41, 5.74) is 4.04. The molecule has 5 nitrogen and oxygen atoms in total. The maximum Gasteiger partial charge on any atom is 0.303 e. The monoisotopic (exact) mass is 552 g/mol. The van der Waals surface area contributed by atoms with Crippen LogP contribution in [0.3, 0.4) is 0 Å². The standard InChI is InChI=1S/C31H34Cl2N2O3/c1-21-17-25(32)18-29(33)27(21)7-4-15-35-16-13-22(24(20-35)8-11-31(36)37)5-3-6-23-12-14-34-30-10-9-26(38-2)19-28(23)30/h9-10,12,14,17-19,22,24H,3,5-6,8,11,13,15-16,20H2,1-2H3,(H,36,37)/t22-,24+/m1/s1. The maximum atomic E-state index is 11.3. The van der Waals surface area contributed by atoms with Crippen molar-refractivity contribution >= 4 is 40.1 Å². The maximum absolute atomic E-state index is 11.3. The molecule has 0 saturated carbocycles. The summed E-state index contributed by atoms with van der Waals surface area (Å²) in [6.07, 6.45) is 6.92. The number of piperidine rings is 1. The van der Waals surface area contributed by atoms with Crippen molar-refractivity contribution in [3.8, 4) is 17.6 Å². The number of fused-ring (bicyclic) bond motifs is 1. The zero-order valence-electron chi connectivity index (χ0n) is 22.0. The van der Waals surface area contributed by atoms with Gasteiger partial charge >= 0.3 is 5.97 Å². The summed E-state index contributed by atoms with van der Waals surface area (Å²) >= 11 is 12.4. The Morgan fingerprint density at radius 1 is 1.18 bits per heavy atom. The second-order valence-electron chi connectivity index (χ2n) is 10.1. The molecule has 0 bridgehead atoms. The van der Waals surface area contributed by atoms with E-state index in [0.717, 1.165) is 66.6 Å². The van der Waals surface area contributed by atoms with E-state index < -0.39 is 5.97 Å². The van der Waals surface area contributed by atoms with Crippen LogP contribution in [-0.2, 0) is 11.2 Å². The van der Waals surface area contributed by atoms with E-state index in [0.29, 0.717) is 34.8 Å². The van der Waals surface area contributed by atoms with E-state index in [9.17, 15) is 9.90 Å². The smallest absolute Gasteiger partial charge is 0.303 e. The van der Waals surface area contributed by atoms with Gasteiger partial charge in [0.15, 0.2) is 0 Å². The molecule has 4 rings (SSSR count). The van der Waals surface area contributed by atoms with Gasteiger partial charge < -0.3 is 9.84 Å². The highest BCUT2D eigenvalue weighted by Crippen LogP contribution is 2.32. The summed E-state index contributed by atoms with van der Waals surface area (Å²) in [4.78, 5) is 18.2. The lowest BCUT2D eigenvalue weighted by Gasteiger charge is -2.38. The largest absolute Gasteiger partial charge is 0.497 e. The van der Waals surface area contributed by atoms with Gasteiger partial charge in [-0.15, -0.1) is 0 Å². The molecule has 2 heterocycles. The van der Waals surface area contributed by atoms with Crippen LogP contribution in [0.25, 0.3) is 10.9 Å². The molecule has 200 valence electrons. The number of hydrogen-bond acceptors (Lipinski definition) is 4. The number of carboxylic acid groups (broad SMARTS) is 1. The third kappa shape index (κ3) is 7.41. The minimum absolute atomic E-state index is 0.203. The van der Waals surface area contributed by atoms with E-state index in [1.54, 1.807) is 13.2 Å². The van der Waals surface area contributed by atoms with Crippen LogP contribution in [0.15, 0.2) is 42.6 Å². The molecule has 1 aliphatic rings. The zero-order chi connectivity index (χ0) is 27.1. The van der Waals surface area contributed by atoms with Crippen molar-refractivity contribution in [1.82, 2.24) is 9.88 Å². The molecule has 2 aromatic carbocycles. The molecular weight excluding hydrogens is 519 g/mol. The van der Waals surface area contributed by atoms with Crippen LogP contribution in [0.1, 0.15) is 48.8 Å². The second-order valence-corrected chi connectivity index (χ2v) is 10.9. The van der Waals surface area contributed by atoms with Gasteiger partial charge in [0, 0.05) is 35.1 Å². The Labute approximate surface area is 235 Å². The average Bonchev–Trinajstić information content (AvgIpc) is 2.89. The Morgan fingerprint density at radius 3 is 2.79 bits per heavy atom. The molecule has 1 N–H and O–H groups in total. The quantitative estimate of drug-likeness (QED) is 0.288. The number of carboxylic acids is 1. The molecule has 0 spiro atoms. The van der Waals surface area contributed by atoms with Gasteiger partial charge in [0.25, 0.3) is 0 Å². The van der Waals surface area contributed by atoms with Crippen molar-refractivity contribution in [2.75, 3.05) is 26.7 Å². The number of rotatable bonds is 9. The van der Waals surface area contributed by atoms with Gasteiger partial charge in [0.2, 0.25) is 0 Å². The van der Waals surface area contributed by atoms with Crippen LogP contribution >= 0.6 is 23.2 Å². The van der Waals surface area contributed by atoms with Crippen molar-refractivity contribution in [3.63, 3.8) is 0 Å². The fourth-order valence-corrected chi connectivity index (χ4v) is 6.14. The number of nitrogens with zero attached hydrogens (tertiary/aromatic N) is 2. The lowest BCUT2D eigenvalue weighted by atomic mass is 9.79. The highest BCUT2D eigenvalue weighted by molar-refractivity contribution is 6.35. The van der Waals surface area contributed by atoms with E-state index in [4.69, 9.17) is 27.9 Å². The first-order chi connectivity index (χ1) is 18.3. The lowest BCUT2D eigenvalue weighted by Crippen LogP contribution is -2.41. The van der Waals surface area contributed by atoms with Gasteiger partial charge in [-0.1, -0.05) is 35.0 Å². The van der Waals surface area contributed by atoms with E-state index in [2.05, 4.69) is 33.9 Å². The van der Waals surface area contributed by atoms with Crippen molar-refractivity contribution in [2.24, 2.45) is 11.8 Å². The number of methoxy groups -OCH3 is 1. The first-order valence-corrected chi connectivity index (χ1v) is 13.9. The fraction of sp³-hybridized carbons (Fsp3) is 0.419. The summed E-state index contributed by atoms with van der Waals surface area (Å²) in [5, 5.41) is 11.6. The summed E-state index contributed by atoms with van der Waals surface area (Å²) in [5.74, 6) is 7.46. The predicted octanol–water partition coefficient (Wildman–Crippen LogP) is 7.04. The molecule has 1 fully saturated rings. The Kier molecular flexibility index (Phi) is 9.91. The number of ether oxygens (including phenoxy) is 1. The van der Waals surface area contributed by atoms with Crippen molar-refractivity contribution < 1.29 is 14.6 Å². The summed E-state index contributed by atoms with van der Waals surface area (Å²) in [6, 6.07) is 11.7. The van der Waals surface area contributed by atoms with Gasteiger partial charge in [0.05, 0.1) is 24.2 Å². The number of aliphatic carboxylic acids is 1. The third-order valence-electron chi connectivity index (χ3n) is 7.53. The minimum atomic E-state index is -0.731. The number of aryl methyl sites for hydroxylation is 2. The number of likely N-dealkylation sites (tertiary alicyclic amines) is 1. The van der Waals surface area contributed by atoms with Crippen LogP contribution in [0.5, 0.6) is 5.75 Å². The topological polar surface area (TPSA) is 62.7 Å². The fourth-order valence-electron chi connectivity index (χ4n) is 5.50. The molecule has 3 aromatic rings. The average molecular weight is 554 g/mol. The van der Waals surface area contributed by atoms with Crippen LogP contribution in [-0.4, -0.2) is 47.7 Å². The van der Waals surface area contributed by atoms with Gasteiger partial charge in [-0.2, -0.15) is 0 Å². The van der Waals surface area contributed by atoms with Crippen LogP contribution in [0.4, 0.5) is 0 Å². The van der Waals surface area contributed by atoms with E-state index in [1.165, 1.54) is 5.56 Å². The number of carbonyl (C=O) groups is 1. The highest BCUT2D eigenvalue weighted by Gasteiger charge is 2.29. The molecule has 0 aliphatic carbocycles. The van der Waals surface area contributed by atoms with E-state index in [1.807, 2.05) is 31.3 Å². The second kappa shape index (κ2) is 13.3. The van der Waals surface area contributed by atoms with Crippen LogP contribution in [0.2, 0.25) is 10.0 Å². The number of aromatic nitrogens is 1. The molecule has 0 amide bonds. The number of pyridine rings is 1. The van der Waals surface area contributed by atoms with E-state index >= 15 is 0 Å². The molecule has 1 aromatic heterocycles. The zero-order valence-corrected chi connectivity index (χ0v) is 23.5. The molecule has 2 atom stereocenters. The predicted molar refractivity (Wildman–Crippen MR) is 154 cm³/mol.